The molecule has 0 fully saturated rings. The molecule has 0 rings (SSSR count). The fourth-order valence-corrected chi connectivity index (χ4v) is 6.80. The van der Waals surface area contributed by atoms with Crippen LogP contribution in [-0.4, -0.2) is 59.9 Å². The Kier molecular flexibility index (Phi) is 41.4. The van der Waals surface area contributed by atoms with Crippen molar-refractivity contribution in [2.75, 3.05) is 19.8 Å². The summed E-state index contributed by atoms with van der Waals surface area (Å²) in [6.07, 6.45) is 52.4. The molecule has 0 bridgehead atoms. The largest absolute Gasteiger partial charge is 0.480 e. The molecule has 3 atom stereocenters. The minimum atomic E-state index is -4.73. The van der Waals surface area contributed by atoms with Gasteiger partial charge in [-0.1, -0.05) is 164 Å². The summed E-state index contributed by atoms with van der Waals surface area (Å²) >= 11 is 0. The van der Waals surface area contributed by atoms with Crippen molar-refractivity contribution in [3.05, 3.63) is 72.9 Å². The number of hydrogen-bond donors (Lipinski definition) is 3. The lowest BCUT2D eigenvalue weighted by molar-refractivity contribution is -0.161. The summed E-state index contributed by atoms with van der Waals surface area (Å²) in [5.41, 5.74) is 5.34. The number of esters is 2. The number of phosphoric acid groups is 1. The Hall–Kier alpha value is -3.08. The van der Waals surface area contributed by atoms with Crippen molar-refractivity contribution in [2.45, 2.75) is 199 Å². The normalized spacial score (nSPS) is 14.3. The molecule has 0 spiro atoms. The average Bonchev–Trinajstić information content (AvgIpc) is 3.24. The Balaban J connectivity index is 4.35. The van der Waals surface area contributed by atoms with Crippen molar-refractivity contribution in [1.29, 1.82) is 0 Å². The van der Waals surface area contributed by atoms with E-state index in [9.17, 15) is 23.8 Å². The van der Waals surface area contributed by atoms with Gasteiger partial charge in [-0.3, -0.25) is 23.4 Å². The first kappa shape index (κ1) is 57.9. The fraction of sp³-hybridized carbons (Fsp3) is 0.694. The van der Waals surface area contributed by atoms with Gasteiger partial charge < -0.3 is 25.2 Å². The third kappa shape index (κ3) is 43.4. The van der Waals surface area contributed by atoms with Crippen LogP contribution in [0.25, 0.3) is 0 Å². The number of aliphatic carboxylic acids is 1. The molecule has 0 aliphatic carbocycles. The quantitative estimate of drug-likeness (QED) is 0.0230. The van der Waals surface area contributed by atoms with Gasteiger partial charge in [0.05, 0.1) is 13.2 Å². The van der Waals surface area contributed by atoms with Crippen molar-refractivity contribution >= 4 is 25.7 Å². The molecule has 0 aromatic heterocycles. The van der Waals surface area contributed by atoms with Gasteiger partial charge in [-0.05, 0) is 83.5 Å². The molecule has 12 heteroatoms. The molecule has 0 saturated heterocycles. The van der Waals surface area contributed by atoms with E-state index in [1.807, 2.05) is 0 Å². The van der Waals surface area contributed by atoms with Crippen LogP contribution in [-0.2, 0) is 37.5 Å². The van der Waals surface area contributed by atoms with Crippen LogP contribution >= 0.6 is 7.82 Å². The van der Waals surface area contributed by atoms with Crippen LogP contribution in [0.15, 0.2) is 72.9 Å². The zero-order chi connectivity index (χ0) is 44.9. The van der Waals surface area contributed by atoms with Gasteiger partial charge in [0.2, 0.25) is 0 Å². The third-order valence-electron chi connectivity index (χ3n) is 9.69. The van der Waals surface area contributed by atoms with E-state index in [1.54, 1.807) is 0 Å². The number of rotatable bonds is 43. The Morgan fingerprint density at radius 1 is 0.525 bits per heavy atom. The highest BCUT2D eigenvalue weighted by Gasteiger charge is 2.28. The van der Waals surface area contributed by atoms with E-state index in [0.29, 0.717) is 12.8 Å². The number of phosphoric ester groups is 1. The molecule has 0 aromatic rings. The van der Waals surface area contributed by atoms with Gasteiger partial charge in [-0.15, -0.1) is 0 Å². The number of carboxylic acid groups (broad SMARTS) is 1. The van der Waals surface area contributed by atoms with Crippen LogP contribution in [0.4, 0.5) is 0 Å². The van der Waals surface area contributed by atoms with Crippen LogP contribution < -0.4 is 5.73 Å². The molecule has 61 heavy (non-hydrogen) atoms. The van der Waals surface area contributed by atoms with E-state index < -0.39 is 51.1 Å². The van der Waals surface area contributed by atoms with Crippen LogP contribution in [0.1, 0.15) is 187 Å². The molecule has 0 aliphatic rings. The summed E-state index contributed by atoms with van der Waals surface area (Å²) in [6.45, 7) is 2.65. The maximum absolute atomic E-state index is 12.7. The third-order valence-corrected chi connectivity index (χ3v) is 10.6. The zero-order valence-corrected chi connectivity index (χ0v) is 38.9. The first-order chi connectivity index (χ1) is 29.6. The SMILES string of the molecule is CC/C=C\C/C=C\C/C=C\C/C=C\CCCCCCCCCCC(=O)OC(COC(=O)CCCCCCC/C=C\C/C=C\CCCCCC)COP(=O)(O)OCC(N)C(=O)O. The summed E-state index contributed by atoms with van der Waals surface area (Å²) in [6, 6.07) is -1.53. The number of hydrogen-bond acceptors (Lipinski definition) is 9. The smallest absolute Gasteiger partial charge is 0.472 e. The number of ether oxygens (including phenoxy) is 2. The highest BCUT2D eigenvalue weighted by molar-refractivity contribution is 7.47. The fourth-order valence-electron chi connectivity index (χ4n) is 6.03. The Labute approximate surface area is 370 Å². The Morgan fingerprint density at radius 2 is 0.918 bits per heavy atom. The molecule has 0 aliphatic heterocycles. The van der Waals surface area contributed by atoms with Crippen molar-refractivity contribution < 1.29 is 47.5 Å². The molecule has 0 radical (unpaired) electrons. The minimum Gasteiger partial charge on any atom is -0.480 e. The Bertz CT molecular complexity index is 1310. The second-order valence-electron chi connectivity index (χ2n) is 15.5. The number of carboxylic acids is 1. The van der Waals surface area contributed by atoms with Crippen molar-refractivity contribution in [3.63, 3.8) is 0 Å². The van der Waals surface area contributed by atoms with E-state index >= 15 is 0 Å². The number of allylic oxidation sites excluding steroid dienone is 12. The summed E-state index contributed by atoms with van der Waals surface area (Å²) in [4.78, 5) is 46.1. The number of carbonyl (C=O) groups excluding carboxylic acids is 2. The minimum absolute atomic E-state index is 0.145. The molecule has 11 nitrogen and oxygen atoms in total. The van der Waals surface area contributed by atoms with Crippen molar-refractivity contribution in [2.24, 2.45) is 5.73 Å². The van der Waals surface area contributed by atoms with Crippen LogP contribution in [0.3, 0.4) is 0 Å². The lowest BCUT2D eigenvalue weighted by Crippen LogP contribution is -2.34. The van der Waals surface area contributed by atoms with Crippen LogP contribution in [0, 0.1) is 0 Å². The maximum Gasteiger partial charge on any atom is 0.472 e. The van der Waals surface area contributed by atoms with Gasteiger partial charge in [-0.25, -0.2) is 4.57 Å². The van der Waals surface area contributed by atoms with Gasteiger partial charge in [-0.2, -0.15) is 0 Å². The molecule has 350 valence electrons. The first-order valence-electron chi connectivity index (χ1n) is 23.5. The summed E-state index contributed by atoms with van der Waals surface area (Å²) in [5.74, 6) is -2.41. The van der Waals surface area contributed by atoms with E-state index in [-0.39, 0.29) is 19.4 Å². The summed E-state index contributed by atoms with van der Waals surface area (Å²) < 4.78 is 32.8. The zero-order valence-electron chi connectivity index (χ0n) is 38.0. The highest BCUT2D eigenvalue weighted by Crippen LogP contribution is 2.43. The Morgan fingerprint density at radius 3 is 1.38 bits per heavy atom. The van der Waals surface area contributed by atoms with Gasteiger partial charge in [0.25, 0.3) is 0 Å². The number of nitrogens with two attached hydrogens (primary N) is 1. The topological polar surface area (TPSA) is 172 Å². The van der Waals surface area contributed by atoms with Crippen LogP contribution in [0.5, 0.6) is 0 Å². The molecule has 3 unspecified atom stereocenters. The lowest BCUT2D eigenvalue weighted by atomic mass is 10.1. The maximum atomic E-state index is 12.7. The van der Waals surface area contributed by atoms with E-state index in [2.05, 4.69) is 91.3 Å². The second kappa shape index (κ2) is 43.6. The monoisotopic (exact) mass is 878 g/mol. The molecular weight excluding hydrogens is 794 g/mol. The molecular formula is C49H84NO10P. The van der Waals surface area contributed by atoms with Gasteiger partial charge in [0.15, 0.2) is 6.10 Å². The predicted octanol–water partition coefficient (Wildman–Crippen LogP) is 12.9. The lowest BCUT2D eigenvalue weighted by Gasteiger charge is -2.20. The predicted molar refractivity (Wildman–Crippen MR) is 249 cm³/mol. The van der Waals surface area contributed by atoms with E-state index in [1.165, 1.54) is 44.9 Å². The summed E-state index contributed by atoms with van der Waals surface area (Å²) in [7, 11) is -4.73. The van der Waals surface area contributed by atoms with E-state index in [0.717, 1.165) is 103 Å². The van der Waals surface area contributed by atoms with Crippen molar-refractivity contribution in [3.8, 4) is 0 Å². The van der Waals surface area contributed by atoms with Crippen molar-refractivity contribution in [1.82, 2.24) is 0 Å². The molecule has 0 saturated carbocycles. The van der Waals surface area contributed by atoms with Gasteiger partial charge in [0, 0.05) is 12.8 Å². The second-order valence-corrected chi connectivity index (χ2v) is 17.0. The van der Waals surface area contributed by atoms with Gasteiger partial charge >= 0.3 is 25.7 Å². The standard InChI is InChI=1S/C49H84NO10P/c1-3-5-7-9-11-13-15-17-19-21-22-23-24-25-27-29-31-33-35-37-39-41-48(52)60-45(43-58-61(55,56)59-44-46(50)49(53)54)42-57-47(51)40-38-36-34-32-30-28-26-20-18-16-14-12-10-8-6-4-2/h5,7,11,13-14,16-17,19-20,22-23,26,45-46H,3-4,6,8-10,12,15,18,21,24-25,27-44,50H2,1-2H3,(H,53,54)(H,55,56)/b7-5-,13-11-,16-14-,19-17-,23-22-,26-20-. The molecule has 0 amide bonds. The van der Waals surface area contributed by atoms with Gasteiger partial charge in [0.1, 0.15) is 12.6 Å². The number of unbranched alkanes of at least 4 members (excludes halogenated alkanes) is 17. The summed E-state index contributed by atoms with van der Waals surface area (Å²) in [5, 5.41) is 8.91. The molecule has 4 N–H and O–H groups in total. The molecule has 0 aromatic carbocycles. The molecule has 0 heterocycles. The van der Waals surface area contributed by atoms with E-state index in [4.69, 9.17) is 24.8 Å². The average molecular weight is 878 g/mol. The number of carbonyl (C=O) groups is 3. The highest BCUT2D eigenvalue weighted by atomic mass is 31.2. The van der Waals surface area contributed by atoms with Crippen LogP contribution in [0.2, 0.25) is 0 Å². The first-order valence-corrected chi connectivity index (χ1v) is 25.0.